The summed E-state index contributed by atoms with van der Waals surface area (Å²) in [4.78, 5) is 12.5. The van der Waals surface area contributed by atoms with Crippen LogP contribution in [0.5, 0.6) is 0 Å². The second-order valence-electron chi connectivity index (χ2n) is 4.03. The minimum Gasteiger partial charge on any atom is -0.395 e. The van der Waals surface area contributed by atoms with Gasteiger partial charge in [0.05, 0.1) is 13.2 Å². The minimum atomic E-state index is -4.48. The summed E-state index contributed by atoms with van der Waals surface area (Å²) in [5, 5.41) is 11.5. The lowest BCUT2D eigenvalue weighted by Gasteiger charge is -2.29. The Morgan fingerprint density at radius 1 is 1.56 bits per heavy atom. The number of amides is 1. The molecule has 1 atom stereocenters. The first kappa shape index (κ1) is 13.2. The molecule has 1 fully saturated rings. The molecule has 1 saturated heterocycles. The molecule has 0 radical (unpaired) electrons. The average molecular weight is 240 g/mol. The van der Waals surface area contributed by atoms with Gasteiger partial charge in [-0.05, 0) is 13.5 Å². The van der Waals surface area contributed by atoms with Crippen molar-refractivity contribution in [3.05, 3.63) is 0 Å². The van der Waals surface area contributed by atoms with Crippen LogP contribution in [0.2, 0.25) is 0 Å². The van der Waals surface area contributed by atoms with Gasteiger partial charge in [-0.2, -0.15) is 13.2 Å². The first-order chi connectivity index (χ1) is 7.36. The topological polar surface area (TPSA) is 52.6 Å². The van der Waals surface area contributed by atoms with Crippen LogP contribution >= 0.6 is 0 Å². The van der Waals surface area contributed by atoms with Crippen LogP contribution in [-0.2, 0) is 4.79 Å². The fourth-order valence-electron chi connectivity index (χ4n) is 1.80. The van der Waals surface area contributed by atoms with Crippen molar-refractivity contribution in [3.8, 4) is 0 Å². The number of aliphatic hydroxyl groups is 1. The molecule has 0 spiro atoms. The van der Waals surface area contributed by atoms with E-state index in [9.17, 15) is 18.0 Å². The maximum atomic E-state index is 12.7. The quantitative estimate of drug-likeness (QED) is 0.729. The standard InChI is InChI=1S/C9H15F3N2O2/c1-13-4-7(16)14-3-2-8(5-14,6-15)9(10,11)12/h13,15H,2-6H2,1H3/t8-/m1/s1. The Hall–Kier alpha value is -0.820. The lowest BCUT2D eigenvalue weighted by molar-refractivity contribution is -0.230. The summed E-state index contributed by atoms with van der Waals surface area (Å²) in [7, 11) is 1.55. The lowest BCUT2D eigenvalue weighted by atomic mass is 9.87. The van der Waals surface area contributed by atoms with Gasteiger partial charge in [0.25, 0.3) is 0 Å². The molecule has 2 N–H and O–H groups in total. The maximum Gasteiger partial charge on any atom is 0.398 e. The number of likely N-dealkylation sites (N-methyl/N-ethyl adjacent to an activating group) is 1. The van der Waals surface area contributed by atoms with E-state index in [1.54, 1.807) is 7.05 Å². The third-order valence-corrected chi connectivity index (χ3v) is 2.94. The molecule has 7 heteroatoms. The van der Waals surface area contributed by atoms with Gasteiger partial charge in [0.1, 0.15) is 5.41 Å². The molecule has 0 aliphatic carbocycles. The van der Waals surface area contributed by atoms with Gasteiger partial charge in [0.2, 0.25) is 5.91 Å². The number of aliphatic hydroxyl groups excluding tert-OH is 1. The number of rotatable bonds is 3. The van der Waals surface area contributed by atoms with Crippen LogP contribution in [0.4, 0.5) is 13.2 Å². The Labute approximate surface area is 91.4 Å². The maximum absolute atomic E-state index is 12.7. The van der Waals surface area contributed by atoms with Crippen LogP contribution in [0.25, 0.3) is 0 Å². The lowest BCUT2D eigenvalue weighted by Crippen LogP contribution is -2.45. The summed E-state index contributed by atoms with van der Waals surface area (Å²) in [6.45, 7) is -1.37. The largest absolute Gasteiger partial charge is 0.398 e. The highest BCUT2D eigenvalue weighted by atomic mass is 19.4. The molecule has 94 valence electrons. The van der Waals surface area contributed by atoms with Crippen molar-refractivity contribution in [2.45, 2.75) is 12.6 Å². The van der Waals surface area contributed by atoms with E-state index >= 15 is 0 Å². The van der Waals surface area contributed by atoms with E-state index < -0.39 is 24.7 Å². The molecule has 1 aliphatic heterocycles. The number of halogens is 3. The summed E-state index contributed by atoms with van der Waals surface area (Å²) < 4.78 is 38.2. The Bertz CT molecular complexity index is 270. The normalized spacial score (nSPS) is 26.2. The van der Waals surface area contributed by atoms with Crippen molar-refractivity contribution in [1.82, 2.24) is 10.2 Å². The van der Waals surface area contributed by atoms with Crippen LogP contribution in [0.3, 0.4) is 0 Å². The van der Waals surface area contributed by atoms with Gasteiger partial charge < -0.3 is 15.3 Å². The number of hydrogen-bond acceptors (Lipinski definition) is 3. The van der Waals surface area contributed by atoms with Crippen LogP contribution in [0, 0.1) is 5.41 Å². The van der Waals surface area contributed by atoms with Gasteiger partial charge in [-0.3, -0.25) is 4.79 Å². The third-order valence-electron chi connectivity index (χ3n) is 2.94. The van der Waals surface area contributed by atoms with Gasteiger partial charge >= 0.3 is 6.18 Å². The molecule has 0 bridgehead atoms. The van der Waals surface area contributed by atoms with Crippen LogP contribution in [0.15, 0.2) is 0 Å². The second-order valence-corrected chi connectivity index (χ2v) is 4.03. The van der Waals surface area contributed by atoms with Gasteiger partial charge in [0, 0.05) is 13.1 Å². The first-order valence-corrected chi connectivity index (χ1v) is 4.96. The highest BCUT2D eigenvalue weighted by molar-refractivity contribution is 5.78. The number of hydrogen-bond donors (Lipinski definition) is 2. The Kier molecular flexibility index (Phi) is 3.80. The first-order valence-electron chi connectivity index (χ1n) is 4.96. The molecular weight excluding hydrogens is 225 g/mol. The van der Waals surface area contributed by atoms with E-state index in [1.165, 1.54) is 0 Å². The summed E-state index contributed by atoms with van der Waals surface area (Å²) >= 11 is 0. The molecule has 16 heavy (non-hydrogen) atoms. The average Bonchev–Trinajstić information content (AvgIpc) is 2.62. The number of nitrogens with one attached hydrogen (secondary N) is 1. The number of nitrogens with zero attached hydrogens (tertiary/aromatic N) is 1. The molecule has 0 aromatic carbocycles. The molecular formula is C9H15F3N2O2. The Morgan fingerprint density at radius 2 is 2.19 bits per heavy atom. The van der Waals surface area contributed by atoms with Crippen LogP contribution in [0.1, 0.15) is 6.42 Å². The number of carbonyl (C=O) groups is 1. The second kappa shape index (κ2) is 4.58. The van der Waals surface area contributed by atoms with Crippen molar-refractivity contribution in [2.75, 3.05) is 33.3 Å². The molecule has 1 heterocycles. The molecule has 1 rings (SSSR count). The smallest absolute Gasteiger partial charge is 0.395 e. The Balaban J connectivity index is 2.72. The zero-order chi connectivity index (χ0) is 12.4. The minimum absolute atomic E-state index is 0.0133. The molecule has 0 saturated carbocycles. The summed E-state index contributed by atoms with van der Waals surface area (Å²) in [5.74, 6) is -0.373. The summed E-state index contributed by atoms with van der Waals surface area (Å²) in [5.41, 5.74) is -2.14. The molecule has 0 aromatic heterocycles. The predicted molar refractivity (Wildman–Crippen MR) is 50.7 cm³/mol. The van der Waals surface area contributed by atoms with Crippen LogP contribution < -0.4 is 5.32 Å². The van der Waals surface area contributed by atoms with E-state index in [1.807, 2.05) is 0 Å². The van der Waals surface area contributed by atoms with Crippen molar-refractivity contribution in [2.24, 2.45) is 5.41 Å². The summed E-state index contributed by atoms with van der Waals surface area (Å²) in [6, 6.07) is 0. The number of likely N-dealkylation sites (tertiary alicyclic amines) is 1. The monoisotopic (exact) mass is 240 g/mol. The molecule has 1 amide bonds. The van der Waals surface area contributed by atoms with E-state index in [-0.39, 0.29) is 25.4 Å². The zero-order valence-electron chi connectivity index (χ0n) is 8.97. The van der Waals surface area contributed by atoms with Crippen molar-refractivity contribution >= 4 is 5.91 Å². The zero-order valence-corrected chi connectivity index (χ0v) is 8.97. The highest BCUT2D eigenvalue weighted by Crippen LogP contribution is 2.44. The van der Waals surface area contributed by atoms with E-state index in [4.69, 9.17) is 5.11 Å². The third kappa shape index (κ3) is 2.30. The molecule has 1 aliphatic rings. The van der Waals surface area contributed by atoms with Gasteiger partial charge in [0.15, 0.2) is 0 Å². The van der Waals surface area contributed by atoms with Gasteiger partial charge in [-0.15, -0.1) is 0 Å². The van der Waals surface area contributed by atoms with Crippen molar-refractivity contribution in [3.63, 3.8) is 0 Å². The fourth-order valence-corrected chi connectivity index (χ4v) is 1.80. The fraction of sp³-hybridized carbons (Fsp3) is 0.889. The van der Waals surface area contributed by atoms with Gasteiger partial charge in [-0.25, -0.2) is 0 Å². The highest BCUT2D eigenvalue weighted by Gasteiger charge is 2.58. The van der Waals surface area contributed by atoms with E-state index in [0.29, 0.717) is 0 Å². The number of carbonyl (C=O) groups excluding carboxylic acids is 1. The van der Waals surface area contributed by atoms with Crippen molar-refractivity contribution in [1.29, 1.82) is 0 Å². The SMILES string of the molecule is CNCC(=O)N1CC[C@@](CO)(C(F)(F)F)C1. The molecule has 0 unspecified atom stereocenters. The molecule has 0 aromatic rings. The predicted octanol–water partition coefficient (Wildman–Crippen LogP) is -0.0209. The van der Waals surface area contributed by atoms with E-state index in [2.05, 4.69) is 5.32 Å². The van der Waals surface area contributed by atoms with Gasteiger partial charge in [-0.1, -0.05) is 0 Å². The van der Waals surface area contributed by atoms with Crippen molar-refractivity contribution < 1.29 is 23.1 Å². The van der Waals surface area contributed by atoms with E-state index in [0.717, 1.165) is 4.90 Å². The Morgan fingerprint density at radius 3 is 2.56 bits per heavy atom. The van der Waals surface area contributed by atoms with Crippen LogP contribution in [-0.4, -0.2) is 55.4 Å². The number of alkyl halides is 3. The molecule has 4 nitrogen and oxygen atoms in total. The summed E-state index contributed by atoms with van der Waals surface area (Å²) in [6.07, 6.45) is -4.71.